The summed E-state index contributed by atoms with van der Waals surface area (Å²) in [5.74, 6) is 0.824. The Kier molecular flexibility index (Phi) is 4.93. The molecule has 0 saturated heterocycles. The van der Waals surface area contributed by atoms with Crippen molar-refractivity contribution in [2.45, 2.75) is 0 Å². The number of methoxy groups -OCH3 is 2. The van der Waals surface area contributed by atoms with Crippen LogP contribution in [0.25, 0.3) is 0 Å². The highest BCUT2D eigenvalue weighted by Crippen LogP contribution is 2.24. The third kappa shape index (κ3) is 4.08. The molecule has 0 radical (unpaired) electrons. The van der Waals surface area contributed by atoms with Crippen LogP contribution < -0.4 is 15.4 Å². The number of hydrogen-bond acceptors (Lipinski definition) is 7. The molecule has 2 aromatic rings. The summed E-state index contributed by atoms with van der Waals surface area (Å²) in [4.78, 5) is 0. The SMILES string of the molecule is COCCNc1nnc(Nc2ccc(OC)cc2)s1. The second-order valence-electron chi connectivity index (χ2n) is 3.69. The summed E-state index contributed by atoms with van der Waals surface area (Å²) in [6.07, 6.45) is 0. The molecule has 0 fully saturated rings. The van der Waals surface area contributed by atoms with Gasteiger partial charge in [0.2, 0.25) is 10.3 Å². The molecule has 0 saturated carbocycles. The number of nitrogens with zero attached hydrogens (tertiary/aromatic N) is 2. The molecule has 2 N–H and O–H groups in total. The van der Waals surface area contributed by atoms with E-state index in [4.69, 9.17) is 9.47 Å². The maximum Gasteiger partial charge on any atom is 0.211 e. The zero-order valence-electron chi connectivity index (χ0n) is 10.8. The summed E-state index contributed by atoms with van der Waals surface area (Å²) >= 11 is 1.46. The molecule has 1 heterocycles. The molecule has 1 aromatic heterocycles. The number of rotatable bonds is 7. The molecule has 0 amide bonds. The van der Waals surface area contributed by atoms with Gasteiger partial charge in [0.15, 0.2) is 0 Å². The predicted molar refractivity (Wildman–Crippen MR) is 76.6 cm³/mol. The van der Waals surface area contributed by atoms with E-state index in [9.17, 15) is 0 Å². The molecule has 7 heteroatoms. The fourth-order valence-corrected chi connectivity index (χ4v) is 2.09. The zero-order chi connectivity index (χ0) is 13.5. The van der Waals surface area contributed by atoms with E-state index in [-0.39, 0.29) is 0 Å². The standard InChI is InChI=1S/C12H16N4O2S/c1-17-8-7-13-11-15-16-12(19-11)14-9-3-5-10(18-2)6-4-9/h3-6H,7-8H2,1-2H3,(H,13,15)(H,14,16). The molecule has 102 valence electrons. The van der Waals surface area contributed by atoms with Gasteiger partial charge in [-0.05, 0) is 24.3 Å². The average molecular weight is 280 g/mol. The van der Waals surface area contributed by atoms with Crippen molar-refractivity contribution in [3.63, 3.8) is 0 Å². The Morgan fingerprint density at radius 1 is 1.11 bits per heavy atom. The van der Waals surface area contributed by atoms with E-state index < -0.39 is 0 Å². The van der Waals surface area contributed by atoms with Crippen LogP contribution in [-0.2, 0) is 4.74 Å². The minimum atomic E-state index is 0.640. The van der Waals surface area contributed by atoms with Gasteiger partial charge in [-0.3, -0.25) is 0 Å². The maximum atomic E-state index is 5.10. The quantitative estimate of drug-likeness (QED) is 0.759. The van der Waals surface area contributed by atoms with Crippen molar-refractivity contribution in [2.75, 3.05) is 38.0 Å². The first-order valence-electron chi connectivity index (χ1n) is 5.79. The van der Waals surface area contributed by atoms with Crippen LogP contribution in [0.1, 0.15) is 0 Å². The molecule has 0 unspecified atom stereocenters. The number of nitrogens with one attached hydrogen (secondary N) is 2. The lowest BCUT2D eigenvalue weighted by molar-refractivity contribution is 0.211. The van der Waals surface area contributed by atoms with Gasteiger partial charge in [-0.1, -0.05) is 11.3 Å². The smallest absolute Gasteiger partial charge is 0.211 e. The van der Waals surface area contributed by atoms with Crippen LogP contribution in [0.15, 0.2) is 24.3 Å². The molecule has 0 bridgehead atoms. The van der Waals surface area contributed by atoms with Crippen LogP contribution >= 0.6 is 11.3 Å². The van der Waals surface area contributed by atoms with Crippen LogP contribution in [0.4, 0.5) is 16.0 Å². The Morgan fingerprint density at radius 2 is 1.84 bits per heavy atom. The molecule has 1 aromatic carbocycles. The number of ether oxygens (including phenoxy) is 2. The van der Waals surface area contributed by atoms with Gasteiger partial charge in [0, 0.05) is 19.3 Å². The highest BCUT2D eigenvalue weighted by atomic mass is 32.1. The van der Waals surface area contributed by atoms with E-state index in [0.29, 0.717) is 13.2 Å². The Balaban J connectivity index is 1.91. The van der Waals surface area contributed by atoms with Crippen molar-refractivity contribution in [2.24, 2.45) is 0 Å². The van der Waals surface area contributed by atoms with E-state index in [0.717, 1.165) is 21.7 Å². The Hall–Kier alpha value is -1.86. The van der Waals surface area contributed by atoms with Crippen LogP contribution in [0.2, 0.25) is 0 Å². The van der Waals surface area contributed by atoms with Gasteiger partial charge < -0.3 is 20.1 Å². The lowest BCUT2D eigenvalue weighted by Gasteiger charge is -2.03. The van der Waals surface area contributed by atoms with Crippen LogP contribution in [0.5, 0.6) is 5.75 Å². The minimum Gasteiger partial charge on any atom is -0.497 e. The molecule has 0 aliphatic rings. The number of benzene rings is 1. The molecular weight excluding hydrogens is 264 g/mol. The highest BCUT2D eigenvalue weighted by molar-refractivity contribution is 7.19. The van der Waals surface area contributed by atoms with Crippen LogP contribution in [0, 0.1) is 0 Å². The number of hydrogen-bond donors (Lipinski definition) is 2. The van der Waals surface area contributed by atoms with E-state index in [2.05, 4.69) is 20.8 Å². The Morgan fingerprint density at radius 3 is 2.53 bits per heavy atom. The molecule has 2 rings (SSSR count). The van der Waals surface area contributed by atoms with Crippen molar-refractivity contribution in [1.29, 1.82) is 0 Å². The Labute approximate surface area is 115 Å². The zero-order valence-corrected chi connectivity index (χ0v) is 11.7. The van der Waals surface area contributed by atoms with E-state index in [1.165, 1.54) is 11.3 Å². The second kappa shape index (κ2) is 6.91. The number of anilines is 3. The third-order valence-electron chi connectivity index (χ3n) is 2.35. The Bertz CT molecular complexity index is 501. The van der Waals surface area contributed by atoms with E-state index in [1.54, 1.807) is 14.2 Å². The number of aromatic nitrogens is 2. The molecule has 0 aliphatic carbocycles. The molecule has 0 spiro atoms. The van der Waals surface area contributed by atoms with Gasteiger partial charge in [0.05, 0.1) is 13.7 Å². The van der Waals surface area contributed by atoms with E-state index in [1.807, 2.05) is 24.3 Å². The first-order valence-corrected chi connectivity index (χ1v) is 6.61. The lowest BCUT2D eigenvalue weighted by atomic mass is 10.3. The van der Waals surface area contributed by atoms with Crippen molar-refractivity contribution in [3.05, 3.63) is 24.3 Å². The lowest BCUT2D eigenvalue weighted by Crippen LogP contribution is -2.06. The second-order valence-corrected chi connectivity index (χ2v) is 4.66. The summed E-state index contributed by atoms with van der Waals surface area (Å²) in [5.41, 5.74) is 0.945. The van der Waals surface area contributed by atoms with Gasteiger partial charge in [-0.2, -0.15) is 0 Å². The monoisotopic (exact) mass is 280 g/mol. The summed E-state index contributed by atoms with van der Waals surface area (Å²) in [6, 6.07) is 7.64. The molecule has 19 heavy (non-hydrogen) atoms. The van der Waals surface area contributed by atoms with Gasteiger partial charge >= 0.3 is 0 Å². The normalized spacial score (nSPS) is 10.2. The largest absolute Gasteiger partial charge is 0.497 e. The molecule has 0 aliphatic heterocycles. The van der Waals surface area contributed by atoms with Gasteiger partial charge in [-0.25, -0.2) is 0 Å². The van der Waals surface area contributed by atoms with Crippen molar-refractivity contribution >= 4 is 27.3 Å². The van der Waals surface area contributed by atoms with Crippen LogP contribution in [-0.4, -0.2) is 37.6 Å². The summed E-state index contributed by atoms with van der Waals surface area (Å²) in [7, 11) is 3.31. The fourth-order valence-electron chi connectivity index (χ4n) is 1.40. The van der Waals surface area contributed by atoms with Crippen molar-refractivity contribution in [3.8, 4) is 5.75 Å². The molecule has 0 atom stereocenters. The third-order valence-corrected chi connectivity index (χ3v) is 3.15. The van der Waals surface area contributed by atoms with Gasteiger partial charge in [0.1, 0.15) is 5.75 Å². The topological polar surface area (TPSA) is 68.3 Å². The molecule has 6 nitrogen and oxygen atoms in total. The predicted octanol–water partition coefficient (Wildman–Crippen LogP) is 2.35. The fraction of sp³-hybridized carbons (Fsp3) is 0.333. The van der Waals surface area contributed by atoms with Crippen molar-refractivity contribution in [1.82, 2.24) is 10.2 Å². The molecular formula is C12H16N4O2S. The summed E-state index contributed by atoms with van der Waals surface area (Å²) in [5, 5.41) is 15.9. The van der Waals surface area contributed by atoms with Gasteiger partial charge in [-0.15, -0.1) is 10.2 Å². The summed E-state index contributed by atoms with van der Waals surface area (Å²) in [6.45, 7) is 1.36. The van der Waals surface area contributed by atoms with Crippen LogP contribution in [0.3, 0.4) is 0 Å². The minimum absolute atomic E-state index is 0.640. The maximum absolute atomic E-state index is 5.10. The average Bonchev–Trinajstić information content (AvgIpc) is 2.88. The first-order chi connectivity index (χ1) is 9.31. The van der Waals surface area contributed by atoms with Crippen molar-refractivity contribution < 1.29 is 9.47 Å². The summed E-state index contributed by atoms with van der Waals surface area (Å²) < 4.78 is 10.1. The van der Waals surface area contributed by atoms with E-state index >= 15 is 0 Å². The highest BCUT2D eigenvalue weighted by Gasteiger charge is 2.03. The first kappa shape index (κ1) is 13.6. The van der Waals surface area contributed by atoms with Gasteiger partial charge in [0.25, 0.3) is 0 Å².